The molecular weight excluding hydrogens is 408 g/mol. The van der Waals surface area contributed by atoms with Crippen molar-refractivity contribution in [1.82, 2.24) is 20.1 Å². The Hall–Kier alpha value is -3.33. The Morgan fingerprint density at radius 2 is 1.97 bits per heavy atom. The topological polar surface area (TPSA) is 122 Å². The van der Waals surface area contributed by atoms with Gasteiger partial charge in [-0.1, -0.05) is 35.5 Å². The number of aliphatic hydroxyl groups excluding tert-OH is 1. The number of aryl methyl sites for hydroxylation is 1. The highest BCUT2D eigenvalue weighted by Crippen LogP contribution is 2.31. The number of aromatic nitrogens is 3. The van der Waals surface area contributed by atoms with E-state index in [1.54, 1.807) is 17.1 Å². The molecule has 3 aromatic rings. The van der Waals surface area contributed by atoms with Crippen LogP contribution in [0.2, 0.25) is 0 Å². The number of anilines is 1. The van der Waals surface area contributed by atoms with Crippen molar-refractivity contribution < 1.29 is 9.90 Å². The van der Waals surface area contributed by atoms with Gasteiger partial charge in [0.15, 0.2) is 5.65 Å². The molecule has 9 heteroatoms. The Bertz CT molecular complexity index is 1080. The maximum Gasteiger partial charge on any atom is 0.255 e. The Morgan fingerprint density at radius 1 is 1.22 bits per heavy atom. The summed E-state index contributed by atoms with van der Waals surface area (Å²) in [7, 11) is 0. The second-order valence-electron chi connectivity index (χ2n) is 8.12. The summed E-state index contributed by atoms with van der Waals surface area (Å²) in [6, 6.07) is 8.83. The summed E-state index contributed by atoms with van der Waals surface area (Å²) in [5.41, 5.74) is 2.61. The zero-order valence-electron chi connectivity index (χ0n) is 18.1. The van der Waals surface area contributed by atoms with Crippen LogP contribution in [0.1, 0.15) is 54.6 Å². The third-order valence-corrected chi connectivity index (χ3v) is 6.09. The first kappa shape index (κ1) is 21.9. The minimum absolute atomic E-state index is 0.123. The number of rotatable bonds is 8. The van der Waals surface area contributed by atoms with Gasteiger partial charge in [0, 0.05) is 18.8 Å². The summed E-state index contributed by atoms with van der Waals surface area (Å²) in [5, 5.41) is 24.7. The van der Waals surface area contributed by atoms with E-state index in [1.165, 1.54) is 0 Å². The number of aliphatic hydroxyl groups is 1. The van der Waals surface area contributed by atoms with E-state index in [4.69, 9.17) is 0 Å². The second-order valence-corrected chi connectivity index (χ2v) is 8.12. The van der Waals surface area contributed by atoms with Crippen molar-refractivity contribution in [3.63, 3.8) is 0 Å². The molecule has 2 aromatic heterocycles. The molecule has 168 valence electrons. The van der Waals surface area contributed by atoms with E-state index in [-0.39, 0.29) is 24.6 Å². The number of hydrogen-bond acceptors (Lipinski definition) is 7. The van der Waals surface area contributed by atoms with Crippen LogP contribution in [0.5, 0.6) is 0 Å². The van der Waals surface area contributed by atoms with Crippen molar-refractivity contribution in [2.24, 2.45) is 5.18 Å². The standard InChI is InChI=1S/C23H28N6O3/c1-2-29-22-18(13-25-29)21(26-16-8-10-17(28-32)11-9-16)19(12-24-22)23(31)27-20(14-30)15-6-4-3-5-7-15/h3-7,12-13,16-17,20,30H,2,8-11,14H2,1H3,(H,24,26)(H,27,31)/t16?,17?,20-/m0/s1. The van der Waals surface area contributed by atoms with Crippen molar-refractivity contribution >= 4 is 22.6 Å². The number of amides is 1. The highest BCUT2D eigenvalue weighted by atomic mass is 16.3. The first-order chi connectivity index (χ1) is 15.6. The lowest BCUT2D eigenvalue weighted by molar-refractivity contribution is 0.0916. The van der Waals surface area contributed by atoms with Gasteiger partial charge in [-0.3, -0.25) is 4.79 Å². The third-order valence-electron chi connectivity index (χ3n) is 6.09. The lowest BCUT2D eigenvalue weighted by Gasteiger charge is -2.27. The zero-order chi connectivity index (χ0) is 22.5. The monoisotopic (exact) mass is 436 g/mol. The molecule has 2 heterocycles. The molecule has 32 heavy (non-hydrogen) atoms. The van der Waals surface area contributed by atoms with E-state index < -0.39 is 6.04 Å². The minimum atomic E-state index is -0.528. The van der Waals surface area contributed by atoms with Crippen molar-refractivity contribution in [2.45, 2.75) is 57.3 Å². The number of hydrogen-bond donors (Lipinski definition) is 3. The van der Waals surface area contributed by atoms with Crippen LogP contribution in [0.4, 0.5) is 5.69 Å². The number of carbonyl (C=O) groups is 1. The highest BCUT2D eigenvalue weighted by Gasteiger charge is 2.26. The van der Waals surface area contributed by atoms with Crippen LogP contribution in [0.25, 0.3) is 11.0 Å². The molecule has 1 amide bonds. The number of nitroso groups, excluding NO2 is 1. The molecule has 0 aliphatic heterocycles. The van der Waals surface area contributed by atoms with E-state index in [0.717, 1.165) is 36.6 Å². The molecule has 0 saturated heterocycles. The lowest BCUT2D eigenvalue weighted by atomic mass is 9.91. The van der Waals surface area contributed by atoms with E-state index in [0.29, 0.717) is 23.4 Å². The van der Waals surface area contributed by atoms with Gasteiger partial charge in [0.2, 0.25) is 0 Å². The largest absolute Gasteiger partial charge is 0.394 e. The summed E-state index contributed by atoms with van der Waals surface area (Å²) in [6.45, 7) is 2.43. The summed E-state index contributed by atoms with van der Waals surface area (Å²) >= 11 is 0. The maximum atomic E-state index is 13.3. The number of nitrogens with one attached hydrogen (secondary N) is 2. The van der Waals surface area contributed by atoms with Gasteiger partial charge in [-0.25, -0.2) is 9.67 Å². The van der Waals surface area contributed by atoms with Gasteiger partial charge in [0.25, 0.3) is 5.91 Å². The van der Waals surface area contributed by atoms with Gasteiger partial charge < -0.3 is 15.7 Å². The third kappa shape index (κ3) is 4.47. The van der Waals surface area contributed by atoms with Crippen LogP contribution < -0.4 is 10.6 Å². The van der Waals surface area contributed by atoms with Crippen molar-refractivity contribution in [3.8, 4) is 0 Å². The SMILES string of the molecule is CCn1ncc2c(NC3CCC(N=O)CC3)c(C(=O)N[C@@H](CO)c3ccccc3)cnc21. The van der Waals surface area contributed by atoms with E-state index in [2.05, 4.69) is 25.9 Å². The molecule has 1 aromatic carbocycles. The Kier molecular flexibility index (Phi) is 6.75. The summed E-state index contributed by atoms with van der Waals surface area (Å²) in [6.07, 6.45) is 6.34. The predicted molar refractivity (Wildman–Crippen MR) is 122 cm³/mol. The summed E-state index contributed by atoms with van der Waals surface area (Å²) in [5.74, 6) is -0.322. The first-order valence-corrected chi connectivity index (χ1v) is 11.0. The van der Waals surface area contributed by atoms with Crippen LogP contribution in [0.3, 0.4) is 0 Å². The van der Waals surface area contributed by atoms with Gasteiger partial charge in [-0.15, -0.1) is 0 Å². The number of nitrogens with zero attached hydrogens (tertiary/aromatic N) is 4. The van der Waals surface area contributed by atoms with Crippen LogP contribution in [-0.4, -0.2) is 44.5 Å². The molecule has 1 saturated carbocycles. The molecular formula is C23H28N6O3. The Labute approximate surface area is 186 Å². The van der Waals surface area contributed by atoms with Crippen molar-refractivity contribution in [2.75, 3.05) is 11.9 Å². The van der Waals surface area contributed by atoms with Crippen LogP contribution in [0.15, 0.2) is 47.9 Å². The average molecular weight is 437 g/mol. The fourth-order valence-corrected chi connectivity index (χ4v) is 4.27. The quantitative estimate of drug-likeness (QED) is 0.465. The molecule has 4 rings (SSSR count). The van der Waals surface area contributed by atoms with E-state index >= 15 is 0 Å². The van der Waals surface area contributed by atoms with Gasteiger partial charge in [-0.05, 0) is 38.2 Å². The Morgan fingerprint density at radius 3 is 2.62 bits per heavy atom. The molecule has 1 fully saturated rings. The zero-order valence-corrected chi connectivity index (χ0v) is 18.1. The molecule has 0 radical (unpaired) electrons. The molecule has 3 N–H and O–H groups in total. The first-order valence-electron chi connectivity index (χ1n) is 11.0. The fourth-order valence-electron chi connectivity index (χ4n) is 4.27. The fraction of sp³-hybridized carbons (Fsp3) is 0.435. The van der Waals surface area contributed by atoms with Gasteiger partial charge in [0.05, 0.1) is 41.5 Å². The van der Waals surface area contributed by atoms with Gasteiger partial charge in [0.1, 0.15) is 0 Å². The highest BCUT2D eigenvalue weighted by molar-refractivity contribution is 6.06. The van der Waals surface area contributed by atoms with Crippen LogP contribution in [-0.2, 0) is 6.54 Å². The molecule has 9 nitrogen and oxygen atoms in total. The summed E-state index contributed by atoms with van der Waals surface area (Å²) in [4.78, 5) is 28.6. The molecule has 0 bridgehead atoms. The van der Waals surface area contributed by atoms with Gasteiger partial charge in [-0.2, -0.15) is 10.0 Å². The molecule has 0 spiro atoms. The van der Waals surface area contributed by atoms with E-state index in [9.17, 15) is 14.8 Å². The number of benzene rings is 1. The van der Waals surface area contributed by atoms with Gasteiger partial charge >= 0.3 is 0 Å². The Balaban J connectivity index is 1.64. The number of carbonyl (C=O) groups excluding carboxylic acids is 1. The number of fused-ring (bicyclic) bond motifs is 1. The second kappa shape index (κ2) is 9.86. The smallest absolute Gasteiger partial charge is 0.255 e. The average Bonchev–Trinajstić information content (AvgIpc) is 3.27. The van der Waals surface area contributed by atoms with E-state index in [1.807, 2.05) is 37.3 Å². The molecule has 0 unspecified atom stereocenters. The van der Waals surface area contributed by atoms with Crippen molar-refractivity contribution in [1.29, 1.82) is 0 Å². The number of pyridine rings is 1. The normalized spacial score (nSPS) is 19.4. The lowest BCUT2D eigenvalue weighted by Crippen LogP contribution is -2.33. The van der Waals surface area contributed by atoms with Crippen LogP contribution >= 0.6 is 0 Å². The molecule has 1 aliphatic rings. The van der Waals surface area contributed by atoms with Crippen molar-refractivity contribution in [3.05, 3.63) is 58.8 Å². The molecule has 1 atom stereocenters. The summed E-state index contributed by atoms with van der Waals surface area (Å²) < 4.78 is 1.79. The minimum Gasteiger partial charge on any atom is -0.394 e. The molecule has 1 aliphatic carbocycles. The maximum absolute atomic E-state index is 13.3. The predicted octanol–water partition coefficient (Wildman–Crippen LogP) is 3.40. The van der Waals surface area contributed by atoms with Crippen LogP contribution in [0, 0.1) is 4.91 Å².